The third-order valence-electron chi connectivity index (χ3n) is 3.08. The average Bonchev–Trinajstić information content (AvgIpc) is 2.46. The van der Waals surface area contributed by atoms with Crippen molar-refractivity contribution < 1.29 is 14.6 Å². The molecule has 2 N–H and O–H groups in total. The number of carbonyl (C=O) groups excluding carboxylic acids is 1. The van der Waals surface area contributed by atoms with Gasteiger partial charge >= 0.3 is 6.03 Å². The van der Waals surface area contributed by atoms with Crippen molar-refractivity contribution in [1.29, 1.82) is 0 Å². The third-order valence-corrected chi connectivity index (χ3v) is 3.08. The van der Waals surface area contributed by atoms with Crippen LogP contribution in [0.5, 0.6) is 5.75 Å². The maximum absolute atomic E-state index is 12.0. The minimum absolute atomic E-state index is 0.0454. The molecule has 20 heavy (non-hydrogen) atoms. The number of hydrogen-bond donors (Lipinski definition) is 2. The van der Waals surface area contributed by atoms with E-state index in [-0.39, 0.29) is 18.7 Å². The van der Waals surface area contributed by atoms with E-state index in [1.54, 1.807) is 7.05 Å². The molecule has 1 aromatic rings. The molecule has 1 rings (SSSR count). The fourth-order valence-corrected chi connectivity index (χ4v) is 1.97. The molecule has 5 heteroatoms. The molecule has 112 valence electrons. The molecule has 0 aromatic heterocycles. The first-order valence-electron chi connectivity index (χ1n) is 6.98. The highest BCUT2D eigenvalue weighted by Gasteiger charge is 2.18. The van der Waals surface area contributed by atoms with Crippen molar-refractivity contribution >= 4 is 6.03 Å². The Morgan fingerprint density at radius 3 is 2.70 bits per heavy atom. The first kappa shape index (κ1) is 16.3. The normalized spacial score (nSPS) is 11.8. The molecule has 0 saturated carbocycles. The van der Waals surface area contributed by atoms with Gasteiger partial charge in [-0.3, -0.25) is 0 Å². The average molecular weight is 280 g/mol. The molecular formula is C15H24N2O3. The Bertz CT molecular complexity index is 423. The smallest absolute Gasteiger partial charge is 0.317 e. The number of aliphatic hydroxyl groups excluding tert-OH is 1. The topological polar surface area (TPSA) is 61.8 Å². The molecule has 0 heterocycles. The van der Waals surface area contributed by atoms with Gasteiger partial charge in [-0.05, 0) is 19.4 Å². The summed E-state index contributed by atoms with van der Waals surface area (Å²) in [7, 11) is 1.66. The van der Waals surface area contributed by atoms with Crippen molar-refractivity contribution in [3.8, 4) is 5.75 Å². The minimum Gasteiger partial charge on any atom is -0.494 e. The molecule has 1 aromatic carbocycles. The summed E-state index contributed by atoms with van der Waals surface area (Å²) < 4.78 is 5.60. The fourth-order valence-electron chi connectivity index (χ4n) is 1.97. The largest absolute Gasteiger partial charge is 0.494 e. The lowest BCUT2D eigenvalue weighted by Crippen LogP contribution is -2.40. The van der Waals surface area contributed by atoms with Gasteiger partial charge in [0, 0.05) is 19.2 Å². The maximum atomic E-state index is 12.0. The molecule has 1 atom stereocenters. The second-order valence-electron chi connectivity index (χ2n) is 4.53. The van der Waals surface area contributed by atoms with Gasteiger partial charge in [0.25, 0.3) is 0 Å². The van der Waals surface area contributed by atoms with E-state index in [1.807, 2.05) is 38.1 Å². The summed E-state index contributed by atoms with van der Waals surface area (Å²) >= 11 is 0. The van der Waals surface area contributed by atoms with E-state index in [0.717, 1.165) is 17.7 Å². The maximum Gasteiger partial charge on any atom is 0.317 e. The molecule has 0 bridgehead atoms. The van der Waals surface area contributed by atoms with Crippen molar-refractivity contribution in [3.63, 3.8) is 0 Å². The van der Waals surface area contributed by atoms with E-state index in [9.17, 15) is 4.79 Å². The minimum atomic E-state index is -0.197. The summed E-state index contributed by atoms with van der Waals surface area (Å²) in [6.45, 7) is 4.81. The number of nitrogens with zero attached hydrogens (tertiary/aromatic N) is 1. The summed E-state index contributed by atoms with van der Waals surface area (Å²) in [6.07, 6.45) is 0.767. The van der Waals surface area contributed by atoms with Gasteiger partial charge in [-0.1, -0.05) is 25.1 Å². The van der Waals surface area contributed by atoms with Crippen LogP contribution in [0.1, 0.15) is 31.9 Å². The Morgan fingerprint density at radius 2 is 2.10 bits per heavy atom. The van der Waals surface area contributed by atoms with Crippen molar-refractivity contribution in [2.24, 2.45) is 0 Å². The number of aliphatic hydroxyl groups is 1. The quantitative estimate of drug-likeness (QED) is 0.804. The Morgan fingerprint density at radius 1 is 1.40 bits per heavy atom. The fraction of sp³-hybridized carbons (Fsp3) is 0.533. The van der Waals surface area contributed by atoms with Crippen LogP contribution in [-0.4, -0.2) is 42.8 Å². The summed E-state index contributed by atoms with van der Waals surface area (Å²) in [5.41, 5.74) is 0.975. The predicted molar refractivity (Wildman–Crippen MR) is 78.9 cm³/mol. The summed E-state index contributed by atoms with van der Waals surface area (Å²) in [4.78, 5) is 13.5. The van der Waals surface area contributed by atoms with Crippen molar-refractivity contribution in [1.82, 2.24) is 10.2 Å². The van der Waals surface area contributed by atoms with Crippen LogP contribution in [0.3, 0.4) is 0 Å². The van der Waals surface area contributed by atoms with Crippen molar-refractivity contribution in [3.05, 3.63) is 29.8 Å². The molecule has 0 fully saturated rings. The molecule has 5 nitrogen and oxygen atoms in total. The monoisotopic (exact) mass is 280 g/mol. The van der Waals surface area contributed by atoms with Gasteiger partial charge in [-0.2, -0.15) is 0 Å². The van der Waals surface area contributed by atoms with Crippen LogP contribution in [0.15, 0.2) is 24.3 Å². The van der Waals surface area contributed by atoms with Crippen LogP contribution in [0, 0.1) is 0 Å². The second kappa shape index (κ2) is 8.43. The molecular weight excluding hydrogens is 256 g/mol. The Balaban J connectivity index is 2.83. The molecule has 0 radical (unpaired) electrons. The van der Waals surface area contributed by atoms with E-state index in [4.69, 9.17) is 9.84 Å². The van der Waals surface area contributed by atoms with Crippen LogP contribution in [0.2, 0.25) is 0 Å². The van der Waals surface area contributed by atoms with Crippen LogP contribution >= 0.6 is 0 Å². The highest BCUT2D eigenvalue weighted by molar-refractivity contribution is 5.74. The molecule has 0 saturated heterocycles. The number of rotatable bonds is 7. The first-order chi connectivity index (χ1) is 9.63. The Hall–Kier alpha value is -1.75. The van der Waals surface area contributed by atoms with Gasteiger partial charge in [0.1, 0.15) is 5.75 Å². The third kappa shape index (κ3) is 4.42. The van der Waals surface area contributed by atoms with Gasteiger partial charge in [0.05, 0.1) is 19.3 Å². The molecule has 0 spiro atoms. The van der Waals surface area contributed by atoms with Gasteiger partial charge in [0.2, 0.25) is 0 Å². The number of likely N-dealkylation sites (N-methyl/N-ethyl adjacent to an activating group) is 1. The number of nitrogens with one attached hydrogen (secondary N) is 1. The zero-order valence-corrected chi connectivity index (χ0v) is 12.4. The number of ether oxygens (including phenoxy) is 1. The Kier molecular flexibility index (Phi) is 6.87. The Labute approximate surface area is 120 Å². The van der Waals surface area contributed by atoms with E-state index >= 15 is 0 Å². The molecule has 0 aliphatic rings. The zero-order chi connectivity index (χ0) is 15.0. The highest BCUT2D eigenvalue weighted by Crippen LogP contribution is 2.27. The second-order valence-corrected chi connectivity index (χ2v) is 4.53. The standard InChI is InChI=1S/C15H24N2O3/c1-4-13(16-15(19)17(3)10-11-18)12-8-6-7-9-14(12)20-5-2/h6-9,13,18H,4-5,10-11H2,1-3H3,(H,16,19). The number of amides is 2. The van der Waals surface area contributed by atoms with E-state index in [0.29, 0.717) is 13.2 Å². The number of para-hydroxylation sites is 1. The lowest BCUT2D eigenvalue weighted by Gasteiger charge is -2.24. The van der Waals surface area contributed by atoms with E-state index in [1.165, 1.54) is 4.90 Å². The number of carbonyl (C=O) groups is 1. The summed E-state index contributed by atoms with van der Waals surface area (Å²) in [5.74, 6) is 0.798. The summed E-state index contributed by atoms with van der Waals surface area (Å²) in [6, 6.07) is 7.42. The van der Waals surface area contributed by atoms with Gasteiger partial charge in [-0.15, -0.1) is 0 Å². The van der Waals surface area contributed by atoms with E-state index in [2.05, 4.69) is 5.32 Å². The number of hydrogen-bond acceptors (Lipinski definition) is 3. The lowest BCUT2D eigenvalue weighted by atomic mass is 10.0. The van der Waals surface area contributed by atoms with Crippen LogP contribution in [0.25, 0.3) is 0 Å². The van der Waals surface area contributed by atoms with E-state index < -0.39 is 0 Å². The van der Waals surface area contributed by atoms with Crippen LogP contribution < -0.4 is 10.1 Å². The van der Waals surface area contributed by atoms with Crippen molar-refractivity contribution in [2.75, 3.05) is 26.8 Å². The number of urea groups is 1. The van der Waals surface area contributed by atoms with Crippen LogP contribution in [-0.2, 0) is 0 Å². The van der Waals surface area contributed by atoms with Crippen LogP contribution in [0.4, 0.5) is 4.79 Å². The summed E-state index contributed by atoms with van der Waals surface area (Å²) in [5, 5.41) is 11.8. The SMILES string of the molecule is CCOc1ccccc1C(CC)NC(=O)N(C)CCO. The van der Waals surface area contributed by atoms with Crippen molar-refractivity contribution in [2.45, 2.75) is 26.3 Å². The zero-order valence-electron chi connectivity index (χ0n) is 12.4. The predicted octanol–water partition coefficient (Wildman–Crippen LogP) is 2.17. The lowest BCUT2D eigenvalue weighted by molar-refractivity contribution is 0.186. The van der Waals surface area contributed by atoms with Gasteiger partial charge in [0.15, 0.2) is 0 Å². The number of benzene rings is 1. The van der Waals surface area contributed by atoms with Gasteiger partial charge < -0.3 is 20.1 Å². The molecule has 1 unspecified atom stereocenters. The molecule has 0 aliphatic heterocycles. The highest BCUT2D eigenvalue weighted by atomic mass is 16.5. The first-order valence-corrected chi connectivity index (χ1v) is 6.98. The molecule has 0 aliphatic carbocycles. The molecule has 2 amide bonds. The van der Waals surface area contributed by atoms with Gasteiger partial charge in [-0.25, -0.2) is 4.79 Å².